The van der Waals surface area contributed by atoms with Gasteiger partial charge in [0.2, 0.25) is 0 Å². The van der Waals surface area contributed by atoms with E-state index < -0.39 is 10.0 Å². The second-order valence-corrected chi connectivity index (χ2v) is 6.38. The van der Waals surface area contributed by atoms with Crippen molar-refractivity contribution >= 4 is 37.5 Å². The number of ether oxygens (including phenoxy) is 1. The van der Waals surface area contributed by atoms with Crippen LogP contribution in [0.1, 0.15) is 0 Å². The lowest BCUT2D eigenvalue weighted by molar-refractivity contribution is 0.415. The van der Waals surface area contributed by atoms with E-state index in [0.717, 1.165) is 0 Å². The quantitative estimate of drug-likeness (QED) is 0.818. The number of pyridine rings is 1. The van der Waals surface area contributed by atoms with Gasteiger partial charge in [-0.3, -0.25) is 4.72 Å². The molecule has 0 saturated carbocycles. The topological polar surface area (TPSA) is 94.3 Å². The zero-order chi connectivity index (χ0) is 14.8. The Bertz CT molecular complexity index is 734. The fourth-order valence-corrected chi connectivity index (χ4v) is 3.04. The lowest BCUT2D eigenvalue weighted by atomic mass is 10.3. The van der Waals surface area contributed by atoms with Crippen molar-refractivity contribution < 1.29 is 13.2 Å². The third-order valence-corrected chi connectivity index (χ3v) is 4.48. The number of methoxy groups -OCH3 is 1. The van der Waals surface area contributed by atoms with Gasteiger partial charge in [-0.25, -0.2) is 13.4 Å². The van der Waals surface area contributed by atoms with Crippen molar-refractivity contribution in [1.82, 2.24) is 4.98 Å². The Hall–Kier alpha value is -1.80. The first kappa shape index (κ1) is 14.6. The predicted molar refractivity (Wildman–Crippen MR) is 80.2 cm³/mol. The van der Waals surface area contributed by atoms with E-state index in [1.54, 1.807) is 12.1 Å². The standard InChI is InChI=1S/C12H12BrN3O3S/c1-19-11-7-8(4-5-10(11)14)20(17,18)16-12-9(13)3-2-6-15-12/h2-7H,14H2,1H3,(H,15,16). The van der Waals surface area contributed by atoms with Gasteiger partial charge >= 0.3 is 0 Å². The van der Waals surface area contributed by atoms with Crippen LogP contribution in [0.5, 0.6) is 5.75 Å². The summed E-state index contributed by atoms with van der Waals surface area (Å²) in [5.74, 6) is 0.510. The Morgan fingerprint density at radius 3 is 2.75 bits per heavy atom. The number of hydrogen-bond acceptors (Lipinski definition) is 5. The number of nitrogens with two attached hydrogens (primary N) is 1. The molecule has 1 aromatic carbocycles. The number of halogens is 1. The van der Waals surface area contributed by atoms with E-state index in [2.05, 4.69) is 25.6 Å². The van der Waals surface area contributed by atoms with Crippen LogP contribution in [0.4, 0.5) is 11.5 Å². The summed E-state index contributed by atoms with van der Waals surface area (Å²) in [5, 5.41) is 0. The molecule has 0 fully saturated rings. The van der Waals surface area contributed by atoms with Crippen molar-refractivity contribution in [1.29, 1.82) is 0 Å². The summed E-state index contributed by atoms with van der Waals surface area (Å²) in [6.07, 6.45) is 1.49. The van der Waals surface area contributed by atoms with Crippen LogP contribution in [0.2, 0.25) is 0 Å². The molecule has 0 aliphatic heterocycles. The van der Waals surface area contributed by atoms with Gasteiger partial charge in [-0.2, -0.15) is 0 Å². The number of sulfonamides is 1. The summed E-state index contributed by atoms with van der Waals surface area (Å²) in [7, 11) is -2.34. The van der Waals surface area contributed by atoms with Gasteiger partial charge in [0.25, 0.3) is 10.0 Å². The Kier molecular flexibility index (Phi) is 4.15. The molecule has 1 aromatic heterocycles. The van der Waals surface area contributed by atoms with E-state index in [9.17, 15) is 8.42 Å². The summed E-state index contributed by atoms with van der Waals surface area (Å²) in [5.41, 5.74) is 6.03. The van der Waals surface area contributed by atoms with Crippen LogP contribution >= 0.6 is 15.9 Å². The van der Waals surface area contributed by atoms with Crippen LogP contribution in [-0.2, 0) is 10.0 Å². The molecule has 6 nitrogen and oxygen atoms in total. The third kappa shape index (κ3) is 3.02. The molecule has 0 aliphatic carbocycles. The highest BCUT2D eigenvalue weighted by Gasteiger charge is 2.17. The fourth-order valence-electron chi connectivity index (χ4n) is 1.51. The van der Waals surface area contributed by atoms with Crippen molar-refractivity contribution in [3.63, 3.8) is 0 Å². The molecule has 106 valence electrons. The number of hydrogen-bond donors (Lipinski definition) is 2. The monoisotopic (exact) mass is 357 g/mol. The van der Waals surface area contributed by atoms with Gasteiger partial charge in [-0.05, 0) is 40.2 Å². The normalized spacial score (nSPS) is 11.1. The Labute approximate surface area is 125 Å². The van der Waals surface area contributed by atoms with Crippen molar-refractivity contribution in [2.45, 2.75) is 4.90 Å². The summed E-state index contributed by atoms with van der Waals surface area (Å²) >= 11 is 3.23. The summed E-state index contributed by atoms with van der Waals surface area (Å²) < 4.78 is 32.5. The first-order valence-electron chi connectivity index (χ1n) is 5.51. The van der Waals surface area contributed by atoms with Crippen LogP contribution in [0.25, 0.3) is 0 Å². The molecule has 0 unspecified atom stereocenters. The molecule has 0 bridgehead atoms. The lowest BCUT2D eigenvalue weighted by Crippen LogP contribution is -2.14. The zero-order valence-electron chi connectivity index (χ0n) is 10.5. The van der Waals surface area contributed by atoms with E-state index in [1.165, 1.54) is 31.5 Å². The summed E-state index contributed by atoms with van der Waals surface area (Å²) in [6.45, 7) is 0. The molecule has 3 N–H and O–H groups in total. The van der Waals surface area contributed by atoms with Gasteiger partial charge in [0.05, 0.1) is 22.2 Å². The maximum absolute atomic E-state index is 12.3. The number of benzene rings is 1. The molecule has 20 heavy (non-hydrogen) atoms. The van der Waals surface area contributed by atoms with Crippen molar-refractivity contribution in [3.05, 3.63) is 41.0 Å². The molecule has 2 rings (SSSR count). The highest BCUT2D eigenvalue weighted by atomic mass is 79.9. The minimum atomic E-state index is -3.76. The van der Waals surface area contributed by atoms with Gasteiger partial charge < -0.3 is 10.5 Å². The minimum Gasteiger partial charge on any atom is -0.495 e. The van der Waals surface area contributed by atoms with Gasteiger partial charge in [0, 0.05) is 12.3 Å². The third-order valence-electron chi connectivity index (χ3n) is 2.50. The van der Waals surface area contributed by atoms with E-state index in [0.29, 0.717) is 15.9 Å². The number of nitrogen functional groups attached to an aromatic ring is 1. The van der Waals surface area contributed by atoms with Crippen LogP contribution < -0.4 is 15.2 Å². The van der Waals surface area contributed by atoms with Crippen molar-refractivity contribution in [2.75, 3.05) is 17.6 Å². The van der Waals surface area contributed by atoms with Gasteiger partial charge in [-0.1, -0.05) is 0 Å². The largest absolute Gasteiger partial charge is 0.495 e. The van der Waals surface area contributed by atoms with Gasteiger partial charge in [0.1, 0.15) is 5.75 Å². The molecule has 1 heterocycles. The van der Waals surface area contributed by atoms with Gasteiger partial charge in [-0.15, -0.1) is 0 Å². The number of anilines is 2. The smallest absolute Gasteiger partial charge is 0.263 e. The van der Waals surface area contributed by atoms with E-state index in [4.69, 9.17) is 10.5 Å². The molecule has 0 radical (unpaired) electrons. The van der Waals surface area contributed by atoms with E-state index in [-0.39, 0.29) is 10.7 Å². The minimum absolute atomic E-state index is 0.0427. The molecule has 8 heteroatoms. The molecule has 0 atom stereocenters. The second kappa shape index (κ2) is 5.68. The summed E-state index contributed by atoms with van der Waals surface area (Å²) in [6, 6.07) is 7.61. The molecule has 0 amide bonds. The Morgan fingerprint density at radius 2 is 2.10 bits per heavy atom. The summed E-state index contributed by atoms with van der Waals surface area (Å²) in [4.78, 5) is 4.00. The number of nitrogens with zero attached hydrogens (tertiary/aromatic N) is 1. The second-order valence-electron chi connectivity index (χ2n) is 3.84. The molecule has 0 saturated heterocycles. The molecular weight excluding hydrogens is 346 g/mol. The van der Waals surface area contributed by atoms with Crippen molar-refractivity contribution in [2.24, 2.45) is 0 Å². The van der Waals surface area contributed by atoms with E-state index >= 15 is 0 Å². The number of rotatable bonds is 4. The van der Waals surface area contributed by atoms with Crippen molar-refractivity contribution in [3.8, 4) is 5.75 Å². The average Bonchev–Trinajstić information content (AvgIpc) is 2.41. The number of nitrogens with one attached hydrogen (secondary N) is 1. The first-order valence-corrected chi connectivity index (χ1v) is 7.78. The van der Waals surface area contributed by atoms with E-state index in [1.807, 2.05) is 0 Å². The Balaban J connectivity index is 2.38. The fraction of sp³-hybridized carbons (Fsp3) is 0.0833. The van der Waals surface area contributed by atoms with Gasteiger partial charge in [0.15, 0.2) is 5.82 Å². The Morgan fingerprint density at radius 1 is 1.35 bits per heavy atom. The highest BCUT2D eigenvalue weighted by Crippen LogP contribution is 2.27. The first-order chi connectivity index (χ1) is 9.44. The maximum Gasteiger partial charge on any atom is 0.263 e. The zero-order valence-corrected chi connectivity index (χ0v) is 12.9. The molecular formula is C12H12BrN3O3S. The van der Waals surface area contributed by atoms with Crippen LogP contribution in [-0.4, -0.2) is 20.5 Å². The van der Waals surface area contributed by atoms with Crippen LogP contribution in [0.3, 0.4) is 0 Å². The predicted octanol–water partition coefficient (Wildman–Crippen LogP) is 2.24. The maximum atomic E-state index is 12.3. The SMILES string of the molecule is COc1cc(S(=O)(=O)Nc2ncccc2Br)ccc1N. The molecule has 0 spiro atoms. The average molecular weight is 358 g/mol. The number of aromatic nitrogens is 1. The molecule has 0 aliphatic rings. The highest BCUT2D eigenvalue weighted by molar-refractivity contribution is 9.10. The van der Waals surface area contributed by atoms with Crippen LogP contribution in [0.15, 0.2) is 45.9 Å². The molecule has 2 aromatic rings. The van der Waals surface area contributed by atoms with Crippen LogP contribution in [0, 0.1) is 0 Å². The lowest BCUT2D eigenvalue weighted by Gasteiger charge is -2.10.